The van der Waals surface area contributed by atoms with Crippen LogP contribution in [0, 0.1) is 6.92 Å². The maximum atomic E-state index is 9.83. The molecule has 0 heterocycles. The summed E-state index contributed by atoms with van der Waals surface area (Å²) in [5, 5.41) is 9.83. The van der Waals surface area contributed by atoms with Crippen molar-refractivity contribution in [3.63, 3.8) is 0 Å². The van der Waals surface area contributed by atoms with Crippen molar-refractivity contribution in [1.29, 1.82) is 0 Å². The first-order chi connectivity index (χ1) is 10.8. The van der Waals surface area contributed by atoms with E-state index in [-0.39, 0.29) is 11.4 Å². The van der Waals surface area contributed by atoms with Crippen LogP contribution in [0.4, 0.5) is 0 Å². The van der Waals surface area contributed by atoms with Crippen molar-refractivity contribution in [2.24, 2.45) is 0 Å². The van der Waals surface area contributed by atoms with Crippen molar-refractivity contribution >= 4 is 0 Å². The third-order valence-corrected chi connectivity index (χ3v) is 4.66. The lowest BCUT2D eigenvalue weighted by Gasteiger charge is -2.30. The van der Waals surface area contributed by atoms with Crippen LogP contribution >= 0.6 is 0 Å². The van der Waals surface area contributed by atoms with Crippen LogP contribution in [-0.2, 0) is 10.2 Å². The molecule has 0 fully saturated rings. The number of methoxy groups -OCH3 is 2. The molecule has 0 radical (unpaired) electrons. The number of hydrogen-bond donors (Lipinski definition) is 1. The SMILES string of the molecule is COC(O)=C1CC=C(C(C)(C)c2ccc(OC)c(C)c2)C=C1C. The zero-order valence-electron chi connectivity index (χ0n) is 14.9. The lowest BCUT2D eigenvalue weighted by atomic mass is 9.74. The number of allylic oxidation sites excluding steroid dienone is 5. The number of benzene rings is 1. The summed E-state index contributed by atoms with van der Waals surface area (Å²) in [5.41, 5.74) is 5.39. The van der Waals surface area contributed by atoms with Gasteiger partial charge in [0.25, 0.3) is 5.95 Å². The van der Waals surface area contributed by atoms with Gasteiger partial charge < -0.3 is 14.6 Å². The molecule has 0 saturated carbocycles. The van der Waals surface area contributed by atoms with E-state index in [1.807, 2.05) is 13.0 Å². The van der Waals surface area contributed by atoms with Crippen molar-refractivity contribution in [1.82, 2.24) is 0 Å². The highest BCUT2D eigenvalue weighted by Gasteiger charge is 2.27. The minimum atomic E-state index is -0.119. The molecule has 0 unspecified atom stereocenters. The molecule has 0 saturated heterocycles. The maximum absolute atomic E-state index is 9.83. The van der Waals surface area contributed by atoms with Gasteiger partial charge in [0.05, 0.1) is 14.2 Å². The molecule has 1 aliphatic rings. The molecule has 0 spiro atoms. The second-order valence-corrected chi connectivity index (χ2v) is 6.49. The summed E-state index contributed by atoms with van der Waals surface area (Å²) in [7, 11) is 3.18. The molecule has 1 N–H and O–H groups in total. The Morgan fingerprint density at radius 3 is 2.39 bits per heavy atom. The first-order valence-corrected chi connectivity index (χ1v) is 7.81. The van der Waals surface area contributed by atoms with Crippen LogP contribution in [0.15, 0.2) is 53.0 Å². The van der Waals surface area contributed by atoms with Gasteiger partial charge in [-0.1, -0.05) is 38.1 Å². The van der Waals surface area contributed by atoms with Crippen molar-refractivity contribution in [3.05, 3.63) is 64.1 Å². The fourth-order valence-corrected chi connectivity index (χ4v) is 3.00. The Morgan fingerprint density at radius 2 is 1.87 bits per heavy atom. The average molecular weight is 314 g/mol. The standard InChI is InChI=1S/C20H26O3/c1-13-11-15(7-9-17(13)19(21)23-6)20(3,4)16-8-10-18(22-5)14(2)12-16/h7-8,10-12,21H,9H2,1-6H3. The third kappa shape index (κ3) is 3.29. The lowest BCUT2D eigenvalue weighted by Crippen LogP contribution is -2.21. The zero-order valence-corrected chi connectivity index (χ0v) is 14.9. The Hall–Kier alpha value is -2.16. The molecule has 2 rings (SSSR count). The van der Waals surface area contributed by atoms with E-state index in [1.165, 1.54) is 18.2 Å². The number of aliphatic hydroxyl groups is 1. The van der Waals surface area contributed by atoms with E-state index in [0.717, 1.165) is 22.5 Å². The van der Waals surface area contributed by atoms with Crippen LogP contribution in [0.5, 0.6) is 5.75 Å². The van der Waals surface area contributed by atoms with E-state index in [2.05, 4.69) is 45.1 Å². The van der Waals surface area contributed by atoms with Crippen LogP contribution in [-0.4, -0.2) is 19.3 Å². The Morgan fingerprint density at radius 1 is 1.17 bits per heavy atom. The molecule has 1 aromatic rings. The number of aliphatic hydroxyl groups excluding tert-OH is 1. The highest BCUT2D eigenvalue weighted by molar-refractivity contribution is 5.51. The Bertz CT molecular complexity index is 691. The number of aryl methyl sites for hydroxylation is 1. The third-order valence-electron chi connectivity index (χ3n) is 4.66. The van der Waals surface area contributed by atoms with Gasteiger partial charge in [0.2, 0.25) is 0 Å². The van der Waals surface area contributed by atoms with E-state index in [1.54, 1.807) is 7.11 Å². The normalized spacial score (nSPS) is 17.3. The van der Waals surface area contributed by atoms with E-state index < -0.39 is 0 Å². The quantitative estimate of drug-likeness (QED) is 0.797. The second kappa shape index (κ2) is 6.53. The summed E-state index contributed by atoms with van der Waals surface area (Å²) < 4.78 is 10.3. The maximum Gasteiger partial charge on any atom is 0.280 e. The van der Waals surface area contributed by atoms with Gasteiger partial charge in [-0.3, -0.25) is 0 Å². The van der Waals surface area contributed by atoms with Crippen molar-refractivity contribution in [3.8, 4) is 5.75 Å². The van der Waals surface area contributed by atoms with Gasteiger partial charge in [-0.2, -0.15) is 0 Å². The molecule has 0 bridgehead atoms. The zero-order chi connectivity index (χ0) is 17.2. The van der Waals surface area contributed by atoms with E-state index >= 15 is 0 Å². The van der Waals surface area contributed by atoms with Crippen LogP contribution in [0.1, 0.15) is 38.3 Å². The predicted octanol–water partition coefficient (Wildman–Crippen LogP) is 4.97. The molecule has 1 aromatic carbocycles. The number of rotatable bonds is 4. The molecule has 0 aliphatic heterocycles. The van der Waals surface area contributed by atoms with E-state index in [0.29, 0.717) is 6.42 Å². The van der Waals surface area contributed by atoms with Crippen molar-refractivity contribution < 1.29 is 14.6 Å². The van der Waals surface area contributed by atoms with Gasteiger partial charge >= 0.3 is 0 Å². The van der Waals surface area contributed by atoms with Crippen LogP contribution in [0.3, 0.4) is 0 Å². The summed E-state index contributed by atoms with van der Waals surface area (Å²) in [6.45, 7) is 8.50. The minimum absolute atomic E-state index is 0.00662. The van der Waals surface area contributed by atoms with Gasteiger partial charge in [-0.25, -0.2) is 0 Å². The summed E-state index contributed by atoms with van der Waals surface area (Å²) in [6.07, 6.45) is 4.97. The van der Waals surface area contributed by atoms with Gasteiger partial charge in [-0.05, 0) is 48.6 Å². The highest BCUT2D eigenvalue weighted by atomic mass is 16.6. The summed E-state index contributed by atoms with van der Waals surface area (Å²) >= 11 is 0. The Kier molecular flexibility index (Phi) is 4.88. The van der Waals surface area contributed by atoms with E-state index in [9.17, 15) is 5.11 Å². The molecule has 124 valence electrons. The van der Waals surface area contributed by atoms with Gasteiger partial charge in [0, 0.05) is 11.0 Å². The lowest BCUT2D eigenvalue weighted by molar-refractivity contribution is 0.131. The summed E-state index contributed by atoms with van der Waals surface area (Å²) in [6, 6.07) is 6.32. The molecule has 3 nitrogen and oxygen atoms in total. The van der Waals surface area contributed by atoms with E-state index in [4.69, 9.17) is 9.47 Å². The molecule has 0 atom stereocenters. The molecular formula is C20H26O3. The van der Waals surface area contributed by atoms with Crippen LogP contribution < -0.4 is 4.74 Å². The minimum Gasteiger partial charge on any atom is -0.496 e. The molecular weight excluding hydrogens is 288 g/mol. The first-order valence-electron chi connectivity index (χ1n) is 7.81. The predicted molar refractivity (Wildman–Crippen MR) is 93.9 cm³/mol. The second-order valence-electron chi connectivity index (χ2n) is 6.49. The molecule has 0 aromatic heterocycles. The smallest absolute Gasteiger partial charge is 0.280 e. The Balaban J connectivity index is 2.38. The molecule has 0 amide bonds. The monoisotopic (exact) mass is 314 g/mol. The summed E-state index contributed by atoms with van der Waals surface area (Å²) in [5.74, 6) is 0.913. The largest absolute Gasteiger partial charge is 0.496 e. The van der Waals surface area contributed by atoms with Crippen molar-refractivity contribution in [2.45, 2.75) is 39.5 Å². The fourth-order valence-electron chi connectivity index (χ4n) is 3.00. The van der Waals surface area contributed by atoms with Crippen LogP contribution in [0.2, 0.25) is 0 Å². The topological polar surface area (TPSA) is 38.7 Å². The molecule has 1 aliphatic carbocycles. The highest BCUT2D eigenvalue weighted by Crippen LogP contribution is 2.38. The van der Waals surface area contributed by atoms with Gasteiger partial charge in [0.1, 0.15) is 5.75 Å². The first kappa shape index (κ1) is 17.2. The average Bonchev–Trinajstić information content (AvgIpc) is 2.53. The van der Waals surface area contributed by atoms with Crippen LogP contribution in [0.25, 0.3) is 0 Å². The number of ether oxygens (including phenoxy) is 2. The summed E-state index contributed by atoms with van der Waals surface area (Å²) in [4.78, 5) is 0. The molecule has 23 heavy (non-hydrogen) atoms. The Labute approximate surface area is 138 Å². The van der Waals surface area contributed by atoms with Gasteiger partial charge in [0.15, 0.2) is 0 Å². The number of hydrogen-bond acceptors (Lipinski definition) is 3. The fraction of sp³-hybridized carbons (Fsp3) is 0.400. The molecule has 3 heteroatoms. The van der Waals surface area contributed by atoms with Crippen molar-refractivity contribution in [2.75, 3.05) is 14.2 Å². The van der Waals surface area contributed by atoms with Gasteiger partial charge in [-0.15, -0.1) is 0 Å².